The number of hydrogen-bond acceptors (Lipinski definition) is 3. The molecule has 0 radical (unpaired) electrons. The fraction of sp³-hybridized carbons (Fsp3) is 0.143. The Morgan fingerprint density at radius 2 is 1.70 bits per heavy atom. The average Bonchev–Trinajstić information content (AvgIpc) is 2.44. The molecule has 0 N–H and O–H groups in total. The van der Waals surface area contributed by atoms with Crippen LogP contribution in [-0.4, -0.2) is 18.1 Å². The number of rotatable bonds is 2. The van der Waals surface area contributed by atoms with Gasteiger partial charge in [0.25, 0.3) is 0 Å². The third-order valence-electron chi connectivity index (χ3n) is 2.84. The minimum atomic E-state index is -4.71. The quantitative estimate of drug-likeness (QED) is 0.641. The number of hydrogen-bond donors (Lipinski definition) is 0. The molecular formula is C14H7Cl3F3NO2. The van der Waals surface area contributed by atoms with Crippen LogP contribution in [0, 0.1) is 0 Å². The van der Waals surface area contributed by atoms with Crippen LogP contribution in [-0.2, 0) is 10.9 Å². The first-order valence-electron chi connectivity index (χ1n) is 5.96. The summed E-state index contributed by atoms with van der Waals surface area (Å²) in [4.78, 5) is 15.2. The summed E-state index contributed by atoms with van der Waals surface area (Å²) < 4.78 is 42.9. The molecule has 0 saturated carbocycles. The zero-order valence-electron chi connectivity index (χ0n) is 11.3. The number of benzene rings is 1. The van der Waals surface area contributed by atoms with Crippen molar-refractivity contribution in [2.24, 2.45) is 0 Å². The molecule has 122 valence electrons. The molecule has 1 heterocycles. The molecule has 2 aromatic rings. The second-order valence-electron chi connectivity index (χ2n) is 4.33. The molecular weight excluding hydrogens is 378 g/mol. The van der Waals surface area contributed by atoms with Gasteiger partial charge in [-0.3, -0.25) is 0 Å². The van der Waals surface area contributed by atoms with Crippen LogP contribution in [0.2, 0.25) is 15.1 Å². The Morgan fingerprint density at radius 3 is 2.17 bits per heavy atom. The third-order valence-corrected chi connectivity index (χ3v) is 3.66. The zero-order chi connectivity index (χ0) is 17.4. The van der Waals surface area contributed by atoms with E-state index in [1.807, 2.05) is 0 Å². The van der Waals surface area contributed by atoms with E-state index < -0.39 is 23.5 Å². The van der Waals surface area contributed by atoms with Crippen LogP contribution in [0.5, 0.6) is 0 Å². The predicted molar refractivity (Wildman–Crippen MR) is 81.0 cm³/mol. The topological polar surface area (TPSA) is 39.2 Å². The van der Waals surface area contributed by atoms with Crippen molar-refractivity contribution < 1.29 is 22.7 Å². The van der Waals surface area contributed by atoms with Crippen molar-refractivity contribution in [3.8, 4) is 11.1 Å². The van der Waals surface area contributed by atoms with Crippen LogP contribution in [0.4, 0.5) is 13.2 Å². The van der Waals surface area contributed by atoms with E-state index in [4.69, 9.17) is 34.8 Å². The molecule has 0 aliphatic carbocycles. The maximum Gasteiger partial charge on any atom is 0.433 e. The standard InChI is InChI=1S/C14H7Cl3F3NO2/c1-23-13(22)12-7(2-3-10(21-12)14(18,19)20)11-8(16)4-6(15)5-9(11)17/h2-5H,1H3. The third kappa shape index (κ3) is 3.71. The van der Waals surface area contributed by atoms with Crippen LogP contribution in [0.15, 0.2) is 24.3 Å². The molecule has 1 aromatic carbocycles. The Labute approximate surface area is 143 Å². The van der Waals surface area contributed by atoms with Gasteiger partial charge in [-0.1, -0.05) is 34.8 Å². The van der Waals surface area contributed by atoms with Gasteiger partial charge in [0.1, 0.15) is 5.69 Å². The summed E-state index contributed by atoms with van der Waals surface area (Å²) >= 11 is 17.9. The first-order valence-corrected chi connectivity index (χ1v) is 7.10. The van der Waals surface area contributed by atoms with E-state index in [9.17, 15) is 18.0 Å². The summed E-state index contributed by atoms with van der Waals surface area (Å²) in [5, 5.41) is 0.367. The molecule has 0 spiro atoms. The summed E-state index contributed by atoms with van der Waals surface area (Å²) in [6, 6.07) is 4.48. The second kappa shape index (κ2) is 6.55. The lowest BCUT2D eigenvalue weighted by atomic mass is 10.0. The lowest BCUT2D eigenvalue weighted by molar-refractivity contribution is -0.141. The van der Waals surface area contributed by atoms with Crippen LogP contribution in [0.25, 0.3) is 11.1 Å². The highest BCUT2D eigenvalue weighted by Crippen LogP contribution is 2.39. The Bertz CT molecular complexity index is 755. The first kappa shape index (κ1) is 17.8. The zero-order valence-corrected chi connectivity index (χ0v) is 13.6. The molecule has 0 aliphatic heterocycles. The average molecular weight is 385 g/mol. The lowest BCUT2D eigenvalue weighted by Crippen LogP contribution is -2.14. The Balaban J connectivity index is 2.75. The summed E-state index contributed by atoms with van der Waals surface area (Å²) in [6.07, 6.45) is -4.71. The summed E-state index contributed by atoms with van der Waals surface area (Å²) in [6.45, 7) is 0. The van der Waals surface area contributed by atoms with Gasteiger partial charge in [0.05, 0.1) is 17.2 Å². The number of nitrogens with zero attached hydrogens (tertiary/aromatic N) is 1. The number of carbonyl (C=O) groups is 1. The van der Waals surface area contributed by atoms with E-state index in [0.717, 1.165) is 19.2 Å². The number of carbonyl (C=O) groups excluding carboxylic acids is 1. The van der Waals surface area contributed by atoms with Gasteiger partial charge in [-0.25, -0.2) is 9.78 Å². The molecule has 3 nitrogen and oxygen atoms in total. The predicted octanol–water partition coefficient (Wildman–Crippen LogP) is 5.51. The van der Waals surface area contributed by atoms with E-state index in [1.54, 1.807) is 0 Å². The van der Waals surface area contributed by atoms with E-state index >= 15 is 0 Å². The van der Waals surface area contributed by atoms with Gasteiger partial charge in [-0.2, -0.15) is 13.2 Å². The molecule has 0 unspecified atom stereocenters. The van der Waals surface area contributed by atoms with E-state index in [-0.39, 0.29) is 26.2 Å². The van der Waals surface area contributed by atoms with Crippen LogP contribution in [0.1, 0.15) is 16.2 Å². The van der Waals surface area contributed by atoms with Crippen molar-refractivity contribution in [1.82, 2.24) is 4.98 Å². The van der Waals surface area contributed by atoms with Gasteiger partial charge in [-0.15, -0.1) is 0 Å². The molecule has 0 bridgehead atoms. The highest BCUT2D eigenvalue weighted by Gasteiger charge is 2.34. The Kier molecular flexibility index (Phi) is 5.08. The van der Waals surface area contributed by atoms with Gasteiger partial charge in [-0.05, 0) is 24.3 Å². The summed E-state index contributed by atoms with van der Waals surface area (Å²) in [5.41, 5.74) is -1.63. The van der Waals surface area contributed by atoms with Gasteiger partial charge < -0.3 is 4.74 Å². The smallest absolute Gasteiger partial charge is 0.433 e. The van der Waals surface area contributed by atoms with Gasteiger partial charge >= 0.3 is 12.1 Å². The van der Waals surface area contributed by atoms with Crippen LogP contribution < -0.4 is 0 Å². The van der Waals surface area contributed by atoms with Gasteiger partial charge in [0, 0.05) is 16.1 Å². The number of alkyl halides is 3. The van der Waals surface area contributed by atoms with Crippen molar-refractivity contribution in [3.63, 3.8) is 0 Å². The molecule has 0 fully saturated rings. The minimum Gasteiger partial charge on any atom is -0.464 e. The minimum absolute atomic E-state index is 0.0107. The Hall–Kier alpha value is -1.50. The molecule has 0 amide bonds. The molecule has 0 saturated heterocycles. The lowest BCUT2D eigenvalue weighted by Gasteiger charge is -2.14. The van der Waals surface area contributed by atoms with Crippen molar-refractivity contribution in [2.75, 3.05) is 7.11 Å². The van der Waals surface area contributed by atoms with Crippen molar-refractivity contribution in [1.29, 1.82) is 0 Å². The first-order chi connectivity index (χ1) is 10.6. The maximum absolute atomic E-state index is 12.8. The fourth-order valence-corrected chi connectivity index (χ4v) is 2.89. The molecule has 9 heteroatoms. The molecule has 2 rings (SSSR count). The normalized spacial score (nSPS) is 11.4. The van der Waals surface area contributed by atoms with Crippen molar-refractivity contribution >= 4 is 40.8 Å². The number of esters is 1. The van der Waals surface area contributed by atoms with E-state index in [2.05, 4.69) is 9.72 Å². The number of pyridine rings is 1. The molecule has 1 aromatic heterocycles. The maximum atomic E-state index is 12.8. The number of aromatic nitrogens is 1. The molecule has 0 atom stereocenters. The second-order valence-corrected chi connectivity index (χ2v) is 5.58. The summed E-state index contributed by atoms with van der Waals surface area (Å²) in [7, 11) is 1.03. The highest BCUT2D eigenvalue weighted by atomic mass is 35.5. The van der Waals surface area contributed by atoms with E-state index in [1.165, 1.54) is 12.1 Å². The number of halogens is 6. The van der Waals surface area contributed by atoms with Crippen molar-refractivity contribution in [3.05, 3.63) is 50.7 Å². The largest absolute Gasteiger partial charge is 0.464 e. The van der Waals surface area contributed by atoms with Crippen LogP contribution in [0.3, 0.4) is 0 Å². The molecule has 23 heavy (non-hydrogen) atoms. The molecule has 0 aliphatic rings. The fourth-order valence-electron chi connectivity index (χ4n) is 1.87. The number of methoxy groups -OCH3 is 1. The monoisotopic (exact) mass is 383 g/mol. The highest BCUT2D eigenvalue weighted by molar-refractivity contribution is 6.42. The Morgan fingerprint density at radius 1 is 1.13 bits per heavy atom. The van der Waals surface area contributed by atoms with Gasteiger partial charge in [0.15, 0.2) is 5.69 Å². The summed E-state index contributed by atoms with van der Waals surface area (Å²) in [5.74, 6) is -1.05. The SMILES string of the molecule is COC(=O)c1nc(C(F)(F)F)ccc1-c1c(Cl)cc(Cl)cc1Cl. The van der Waals surface area contributed by atoms with E-state index in [0.29, 0.717) is 0 Å². The van der Waals surface area contributed by atoms with Crippen LogP contribution >= 0.6 is 34.8 Å². The van der Waals surface area contributed by atoms with Gasteiger partial charge in [0.2, 0.25) is 0 Å². The number of ether oxygens (including phenoxy) is 1. The van der Waals surface area contributed by atoms with Crippen molar-refractivity contribution in [2.45, 2.75) is 6.18 Å².